The van der Waals surface area contributed by atoms with Gasteiger partial charge < -0.3 is 4.18 Å². The lowest BCUT2D eigenvalue weighted by Crippen LogP contribution is -2.12. The lowest BCUT2D eigenvalue weighted by atomic mass is 10.0. The Morgan fingerprint density at radius 3 is 2.17 bits per heavy atom. The van der Waals surface area contributed by atoms with E-state index in [4.69, 9.17) is 4.18 Å². The van der Waals surface area contributed by atoms with Crippen LogP contribution in [0.3, 0.4) is 0 Å². The summed E-state index contributed by atoms with van der Waals surface area (Å²) in [7, 11) is -4.04. The zero-order valence-corrected chi connectivity index (χ0v) is 18.0. The predicted molar refractivity (Wildman–Crippen MR) is 119 cm³/mol. The lowest BCUT2D eigenvalue weighted by molar-refractivity contribution is 0.104. The van der Waals surface area contributed by atoms with Crippen molar-refractivity contribution < 1.29 is 17.4 Å². The number of hydrogen-bond acceptors (Lipinski definition) is 4. The molecule has 0 aliphatic rings. The molecule has 0 saturated heterocycles. The maximum Gasteiger partial charge on any atom is 0.339 e. The Bertz CT molecular complexity index is 1160. The van der Waals surface area contributed by atoms with E-state index in [9.17, 15) is 13.2 Å². The van der Waals surface area contributed by atoms with Gasteiger partial charge in [0.05, 0.1) is 5.56 Å². The van der Waals surface area contributed by atoms with Crippen molar-refractivity contribution in [2.24, 2.45) is 0 Å². The normalized spacial score (nSPS) is 11.7. The van der Waals surface area contributed by atoms with Gasteiger partial charge in [-0.1, -0.05) is 74.0 Å². The Balaban J connectivity index is 1.82. The molecule has 0 radical (unpaired) electrons. The van der Waals surface area contributed by atoms with Gasteiger partial charge in [-0.05, 0) is 54.3 Å². The van der Waals surface area contributed by atoms with E-state index in [1.54, 1.807) is 36.4 Å². The van der Waals surface area contributed by atoms with E-state index in [-0.39, 0.29) is 22.0 Å². The summed E-state index contributed by atoms with van der Waals surface area (Å²) in [5.74, 6) is 0.102. The molecule has 0 fully saturated rings. The summed E-state index contributed by atoms with van der Waals surface area (Å²) in [6.45, 7) is 6.11. The van der Waals surface area contributed by atoms with Gasteiger partial charge in [0.2, 0.25) is 0 Å². The molecule has 5 heteroatoms. The van der Waals surface area contributed by atoms with E-state index in [1.807, 2.05) is 31.2 Å². The van der Waals surface area contributed by atoms with Gasteiger partial charge >= 0.3 is 10.1 Å². The Morgan fingerprint density at radius 1 is 0.900 bits per heavy atom. The number of allylic oxidation sites excluding steroid dienone is 1. The van der Waals surface area contributed by atoms with Crippen molar-refractivity contribution >= 4 is 22.0 Å². The monoisotopic (exact) mass is 420 g/mol. The van der Waals surface area contributed by atoms with Crippen LogP contribution >= 0.6 is 0 Å². The van der Waals surface area contributed by atoms with Crippen molar-refractivity contribution in [1.82, 2.24) is 0 Å². The van der Waals surface area contributed by atoms with Crippen LogP contribution in [-0.4, -0.2) is 14.2 Å². The van der Waals surface area contributed by atoms with Crippen LogP contribution in [0.25, 0.3) is 6.08 Å². The quantitative estimate of drug-likeness (QED) is 0.276. The molecule has 0 unspecified atom stereocenters. The number of carbonyl (C=O) groups excluding carboxylic acids is 1. The standard InChI is InChI=1S/C25H24O4S/c1-18(2)21-13-10-20(11-14-21)12-17-24(26)23-6-4-5-7-25(23)29-30(27,28)22-15-8-19(3)9-16-22/h4-18H,1-3H3/b17-12-. The van der Waals surface area contributed by atoms with Gasteiger partial charge in [-0.15, -0.1) is 0 Å². The number of para-hydroxylation sites is 1. The van der Waals surface area contributed by atoms with Crippen molar-refractivity contribution in [3.05, 3.63) is 101 Å². The second kappa shape index (κ2) is 9.09. The molecule has 154 valence electrons. The molecular formula is C25H24O4S. The second-order valence-corrected chi connectivity index (χ2v) is 8.91. The highest BCUT2D eigenvalue weighted by Crippen LogP contribution is 2.24. The molecule has 0 aromatic heterocycles. The van der Waals surface area contributed by atoms with Crippen LogP contribution in [-0.2, 0) is 10.1 Å². The highest BCUT2D eigenvalue weighted by atomic mass is 32.2. The number of carbonyl (C=O) groups is 1. The highest BCUT2D eigenvalue weighted by Gasteiger charge is 2.20. The molecule has 0 aliphatic carbocycles. The predicted octanol–water partition coefficient (Wildman–Crippen LogP) is 5.78. The summed E-state index contributed by atoms with van der Waals surface area (Å²) >= 11 is 0. The van der Waals surface area contributed by atoms with Crippen LogP contribution in [0.4, 0.5) is 0 Å². The topological polar surface area (TPSA) is 60.4 Å². The minimum absolute atomic E-state index is 0.00267. The van der Waals surface area contributed by atoms with Gasteiger partial charge in [-0.3, -0.25) is 4.79 Å². The summed E-state index contributed by atoms with van der Waals surface area (Å²) in [5, 5.41) is 0. The van der Waals surface area contributed by atoms with Crippen LogP contribution < -0.4 is 4.18 Å². The summed E-state index contributed by atoms with van der Waals surface area (Å²) < 4.78 is 30.5. The molecule has 0 atom stereocenters. The summed E-state index contributed by atoms with van der Waals surface area (Å²) in [6.07, 6.45) is 3.13. The molecule has 0 N–H and O–H groups in total. The number of benzene rings is 3. The van der Waals surface area contributed by atoms with E-state index in [1.165, 1.54) is 29.8 Å². The minimum atomic E-state index is -4.04. The van der Waals surface area contributed by atoms with Crippen LogP contribution in [0.15, 0.2) is 83.8 Å². The van der Waals surface area contributed by atoms with Crippen molar-refractivity contribution in [2.45, 2.75) is 31.6 Å². The third-order valence-corrected chi connectivity index (χ3v) is 5.94. The van der Waals surface area contributed by atoms with Gasteiger partial charge in [-0.2, -0.15) is 8.42 Å². The number of aryl methyl sites for hydroxylation is 1. The van der Waals surface area contributed by atoms with Gasteiger partial charge in [0.15, 0.2) is 11.5 Å². The zero-order valence-electron chi connectivity index (χ0n) is 17.2. The molecule has 4 nitrogen and oxygen atoms in total. The van der Waals surface area contributed by atoms with Gasteiger partial charge in [-0.25, -0.2) is 0 Å². The summed E-state index contributed by atoms with van der Waals surface area (Å²) in [4.78, 5) is 12.8. The molecule has 0 aliphatic heterocycles. The Labute approximate surface area is 178 Å². The third kappa shape index (κ3) is 5.24. The molecule has 0 heterocycles. The molecule has 0 saturated carbocycles. The maximum absolute atomic E-state index is 12.7. The second-order valence-electron chi connectivity index (χ2n) is 7.37. The van der Waals surface area contributed by atoms with E-state index in [0.29, 0.717) is 5.92 Å². The SMILES string of the molecule is Cc1ccc(S(=O)(=O)Oc2ccccc2C(=O)/C=C\c2ccc(C(C)C)cc2)cc1. The van der Waals surface area contributed by atoms with Crippen LogP contribution in [0.2, 0.25) is 0 Å². The van der Waals surface area contributed by atoms with Crippen LogP contribution in [0.1, 0.15) is 46.8 Å². The molecule has 30 heavy (non-hydrogen) atoms. The van der Waals surface area contributed by atoms with E-state index in [0.717, 1.165) is 11.1 Å². The lowest BCUT2D eigenvalue weighted by Gasteiger charge is -2.10. The van der Waals surface area contributed by atoms with E-state index in [2.05, 4.69) is 13.8 Å². The first-order valence-corrected chi connectivity index (χ1v) is 11.1. The molecule has 0 spiro atoms. The fourth-order valence-electron chi connectivity index (χ4n) is 2.87. The van der Waals surface area contributed by atoms with Gasteiger partial charge in [0, 0.05) is 0 Å². The summed E-state index contributed by atoms with van der Waals surface area (Å²) in [6, 6.07) is 20.6. The molecule has 0 bridgehead atoms. The van der Waals surface area contributed by atoms with Gasteiger partial charge in [0.1, 0.15) is 4.90 Å². The molecule has 3 rings (SSSR count). The third-order valence-electron chi connectivity index (χ3n) is 4.69. The van der Waals surface area contributed by atoms with Crippen LogP contribution in [0.5, 0.6) is 5.75 Å². The van der Waals surface area contributed by atoms with Crippen molar-refractivity contribution in [3.8, 4) is 5.75 Å². The Kier molecular flexibility index (Phi) is 6.53. The van der Waals surface area contributed by atoms with Crippen molar-refractivity contribution in [1.29, 1.82) is 0 Å². The average Bonchev–Trinajstić information content (AvgIpc) is 2.72. The first-order chi connectivity index (χ1) is 14.3. The largest absolute Gasteiger partial charge is 0.378 e. The van der Waals surface area contributed by atoms with Gasteiger partial charge in [0.25, 0.3) is 0 Å². The summed E-state index contributed by atoms with van der Waals surface area (Å²) in [5.41, 5.74) is 3.23. The highest BCUT2D eigenvalue weighted by molar-refractivity contribution is 7.87. The number of ketones is 1. The Hall–Kier alpha value is -3.18. The van der Waals surface area contributed by atoms with Crippen LogP contribution in [0, 0.1) is 6.92 Å². The minimum Gasteiger partial charge on any atom is -0.378 e. The fourth-order valence-corrected chi connectivity index (χ4v) is 3.82. The number of hydrogen-bond donors (Lipinski definition) is 0. The average molecular weight is 421 g/mol. The van der Waals surface area contributed by atoms with Crippen molar-refractivity contribution in [3.63, 3.8) is 0 Å². The Morgan fingerprint density at radius 2 is 1.53 bits per heavy atom. The molecular weight excluding hydrogens is 396 g/mol. The smallest absolute Gasteiger partial charge is 0.339 e. The first-order valence-electron chi connectivity index (χ1n) is 9.69. The molecule has 3 aromatic rings. The number of rotatable bonds is 7. The molecule has 3 aromatic carbocycles. The fraction of sp³-hybridized carbons (Fsp3) is 0.160. The van der Waals surface area contributed by atoms with E-state index >= 15 is 0 Å². The van der Waals surface area contributed by atoms with E-state index < -0.39 is 10.1 Å². The van der Waals surface area contributed by atoms with Crippen molar-refractivity contribution in [2.75, 3.05) is 0 Å². The zero-order chi connectivity index (χ0) is 21.7. The first kappa shape index (κ1) is 21.5. The molecule has 0 amide bonds. The maximum atomic E-state index is 12.7.